The van der Waals surface area contributed by atoms with Crippen molar-refractivity contribution >= 4 is 0 Å². The summed E-state index contributed by atoms with van der Waals surface area (Å²) >= 11 is 0. The Morgan fingerprint density at radius 3 is 2.90 bits per heavy atom. The number of benzene rings is 1. The summed E-state index contributed by atoms with van der Waals surface area (Å²) in [7, 11) is 0. The fraction of sp³-hybridized carbons (Fsp3) is 0.667. The fourth-order valence-electron chi connectivity index (χ4n) is 4.20. The van der Waals surface area contributed by atoms with Crippen LogP contribution in [0.4, 0.5) is 0 Å². The molecule has 1 N–H and O–H groups in total. The molecule has 0 aromatic heterocycles. The van der Waals surface area contributed by atoms with Gasteiger partial charge in [0, 0.05) is 11.5 Å². The molecular formula is C18H25NO2. The highest BCUT2D eigenvalue weighted by Gasteiger charge is 2.44. The van der Waals surface area contributed by atoms with Gasteiger partial charge in [-0.15, -0.1) is 0 Å². The minimum atomic E-state index is 0.0937. The number of fused-ring (bicyclic) bond motifs is 3. The molecule has 2 heterocycles. The first-order valence-corrected chi connectivity index (χ1v) is 8.43. The van der Waals surface area contributed by atoms with E-state index in [-0.39, 0.29) is 5.54 Å². The van der Waals surface area contributed by atoms with Crippen LogP contribution in [0, 0.1) is 0 Å². The average Bonchev–Trinajstić information content (AvgIpc) is 2.90. The van der Waals surface area contributed by atoms with Gasteiger partial charge < -0.3 is 14.8 Å². The van der Waals surface area contributed by atoms with Crippen LogP contribution in [-0.2, 0) is 0 Å². The quantitative estimate of drug-likeness (QED) is 0.901. The van der Waals surface area contributed by atoms with Gasteiger partial charge in [0.1, 0.15) is 18.1 Å². The second-order valence-electron chi connectivity index (χ2n) is 7.05. The van der Waals surface area contributed by atoms with Crippen molar-refractivity contribution in [1.29, 1.82) is 0 Å². The van der Waals surface area contributed by atoms with Gasteiger partial charge in [-0.3, -0.25) is 0 Å². The monoisotopic (exact) mass is 287 g/mol. The Morgan fingerprint density at radius 1 is 1.19 bits per heavy atom. The summed E-state index contributed by atoms with van der Waals surface area (Å²) < 4.78 is 12.2. The van der Waals surface area contributed by atoms with Crippen LogP contribution >= 0.6 is 0 Å². The van der Waals surface area contributed by atoms with Crippen molar-refractivity contribution in [3.8, 4) is 11.5 Å². The Balaban J connectivity index is 1.58. The fourth-order valence-corrected chi connectivity index (χ4v) is 4.20. The standard InChI is InChI=1S/C18H25NO2/c1-18-12-20-17-8-7-14(21-13-5-3-2-4-6-13)11-15(17)16(18)9-10-19-18/h7-8,11,13,16,19H,2-6,9-10,12H2,1H3/t16-,18+/m0/s1. The number of hydrogen-bond donors (Lipinski definition) is 1. The van der Waals surface area contributed by atoms with Gasteiger partial charge in [0.2, 0.25) is 0 Å². The van der Waals surface area contributed by atoms with Crippen LogP contribution in [0.1, 0.15) is 56.9 Å². The molecule has 3 nitrogen and oxygen atoms in total. The molecule has 1 saturated heterocycles. The van der Waals surface area contributed by atoms with E-state index in [1.54, 1.807) is 0 Å². The predicted octanol–water partition coefficient (Wildman–Crippen LogP) is 3.63. The zero-order valence-electron chi connectivity index (χ0n) is 12.9. The molecule has 2 atom stereocenters. The first-order chi connectivity index (χ1) is 10.2. The van der Waals surface area contributed by atoms with Gasteiger partial charge in [0.25, 0.3) is 0 Å². The van der Waals surface area contributed by atoms with E-state index in [0.29, 0.717) is 12.0 Å². The average molecular weight is 287 g/mol. The van der Waals surface area contributed by atoms with Crippen LogP contribution in [0.15, 0.2) is 18.2 Å². The molecular weight excluding hydrogens is 262 g/mol. The molecule has 0 amide bonds. The number of hydrogen-bond acceptors (Lipinski definition) is 3. The van der Waals surface area contributed by atoms with E-state index in [4.69, 9.17) is 9.47 Å². The predicted molar refractivity (Wildman–Crippen MR) is 83.2 cm³/mol. The SMILES string of the molecule is C[C@@]12COc3ccc(OC4CCCCC4)cc3[C@@H]1CCN2. The molecule has 4 rings (SSSR count). The van der Waals surface area contributed by atoms with Crippen molar-refractivity contribution in [3.05, 3.63) is 23.8 Å². The Kier molecular flexibility index (Phi) is 3.33. The summed E-state index contributed by atoms with van der Waals surface area (Å²) in [6.07, 6.45) is 8.00. The summed E-state index contributed by atoms with van der Waals surface area (Å²) in [5, 5.41) is 3.61. The molecule has 1 saturated carbocycles. The molecule has 2 fully saturated rings. The van der Waals surface area contributed by atoms with E-state index in [1.807, 2.05) is 0 Å². The third-order valence-electron chi connectivity index (χ3n) is 5.47. The van der Waals surface area contributed by atoms with Gasteiger partial charge in [-0.25, -0.2) is 0 Å². The lowest BCUT2D eigenvalue weighted by molar-refractivity contribution is 0.151. The minimum Gasteiger partial charge on any atom is -0.491 e. The maximum absolute atomic E-state index is 6.23. The molecule has 3 heteroatoms. The third-order valence-corrected chi connectivity index (χ3v) is 5.47. The van der Waals surface area contributed by atoms with Crippen LogP contribution in [-0.4, -0.2) is 24.8 Å². The maximum atomic E-state index is 6.23. The summed E-state index contributed by atoms with van der Waals surface area (Å²) in [6.45, 7) is 4.13. The maximum Gasteiger partial charge on any atom is 0.123 e. The number of ether oxygens (including phenoxy) is 2. The Hall–Kier alpha value is -1.22. The number of nitrogens with one attached hydrogen (secondary N) is 1. The zero-order valence-corrected chi connectivity index (χ0v) is 12.9. The second kappa shape index (κ2) is 5.20. The van der Waals surface area contributed by atoms with E-state index >= 15 is 0 Å². The smallest absolute Gasteiger partial charge is 0.123 e. The largest absolute Gasteiger partial charge is 0.491 e. The molecule has 0 spiro atoms. The highest BCUT2D eigenvalue weighted by Crippen LogP contribution is 2.45. The number of rotatable bonds is 2. The molecule has 114 valence electrons. The van der Waals surface area contributed by atoms with Gasteiger partial charge in [0.15, 0.2) is 0 Å². The van der Waals surface area contributed by atoms with E-state index in [9.17, 15) is 0 Å². The highest BCUT2D eigenvalue weighted by atomic mass is 16.5. The molecule has 3 aliphatic rings. The van der Waals surface area contributed by atoms with Gasteiger partial charge in [-0.05, 0) is 63.8 Å². The van der Waals surface area contributed by atoms with E-state index in [1.165, 1.54) is 44.1 Å². The molecule has 0 unspecified atom stereocenters. The summed E-state index contributed by atoms with van der Waals surface area (Å²) in [5.41, 5.74) is 1.43. The minimum absolute atomic E-state index is 0.0937. The normalized spacial score (nSPS) is 32.1. The molecule has 21 heavy (non-hydrogen) atoms. The van der Waals surface area contributed by atoms with Gasteiger partial charge in [0.05, 0.1) is 11.6 Å². The van der Waals surface area contributed by atoms with E-state index in [0.717, 1.165) is 24.7 Å². The van der Waals surface area contributed by atoms with Crippen molar-refractivity contribution in [1.82, 2.24) is 5.32 Å². The molecule has 1 aromatic carbocycles. The van der Waals surface area contributed by atoms with E-state index < -0.39 is 0 Å². The Labute approximate surface area is 127 Å². The molecule has 2 aliphatic heterocycles. The van der Waals surface area contributed by atoms with Crippen LogP contribution in [0.3, 0.4) is 0 Å². The molecule has 1 aromatic rings. The summed E-state index contributed by atoms with van der Waals surface area (Å²) in [6, 6.07) is 6.42. The summed E-state index contributed by atoms with van der Waals surface area (Å²) in [4.78, 5) is 0. The lowest BCUT2D eigenvalue weighted by atomic mass is 9.80. The van der Waals surface area contributed by atoms with Crippen LogP contribution in [0.5, 0.6) is 11.5 Å². The van der Waals surface area contributed by atoms with Crippen molar-refractivity contribution in [2.24, 2.45) is 0 Å². The lowest BCUT2D eigenvalue weighted by Crippen LogP contribution is -2.48. The zero-order chi connectivity index (χ0) is 14.3. The first-order valence-electron chi connectivity index (χ1n) is 8.43. The van der Waals surface area contributed by atoms with Crippen molar-refractivity contribution in [2.75, 3.05) is 13.2 Å². The van der Waals surface area contributed by atoms with Crippen LogP contribution in [0.2, 0.25) is 0 Å². The first kappa shape index (κ1) is 13.4. The summed E-state index contributed by atoms with van der Waals surface area (Å²) in [5.74, 6) is 2.63. The van der Waals surface area contributed by atoms with Gasteiger partial charge in [-0.2, -0.15) is 0 Å². The highest BCUT2D eigenvalue weighted by molar-refractivity contribution is 5.46. The lowest BCUT2D eigenvalue weighted by Gasteiger charge is -2.37. The van der Waals surface area contributed by atoms with E-state index in [2.05, 4.69) is 30.4 Å². The van der Waals surface area contributed by atoms with Crippen LogP contribution < -0.4 is 14.8 Å². The van der Waals surface area contributed by atoms with Crippen molar-refractivity contribution < 1.29 is 9.47 Å². The molecule has 0 bridgehead atoms. The van der Waals surface area contributed by atoms with Crippen molar-refractivity contribution in [2.45, 2.75) is 63.0 Å². The van der Waals surface area contributed by atoms with Crippen molar-refractivity contribution in [3.63, 3.8) is 0 Å². The Morgan fingerprint density at radius 2 is 2.05 bits per heavy atom. The topological polar surface area (TPSA) is 30.5 Å². The van der Waals surface area contributed by atoms with Gasteiger partial charge >= 0.3 is 0 Å². The third kappa shape index (κ3) is 2.42. The van der Waals surface area contributed by atoms with Crippen LogP contribution in [0.25, 0.3) is 0 Å². The second-order valence-corrected chi connectivity index (χ2v) is 7.05. The molecule has 0 radical (unpaired) electrons. The molecule has 1 aliphatic carbocycles. The van der Waals surface area contributed by atoms with Gasteiger partial charge in [-0.1, -0.05) is 6.42 Å². The Bertz CT molecular complexity index is 524.